The molecule has 0 unspecified atom stereocenters. The van der Waals surface area contributed by atoms with Crippen LogP contribution in [0, 0.1) is 0 Å². The third-order valence-corrected chi connectivity index (χ3v) is 5.50. The van der Waals surface area contributed by atoms with Crippen LogP contribution < -0.4 is 5.72 Å². The Hall–Kier alpha value is -4.05. The van der Waals surface area contributed by atoms with Crippen LogP contribution in [0.25, 0.3) is 45.0 Å². The fourth-order valence-electron chi connectivity index (χ4n) is 3.72. The fourth-order valence-corrected chi connectivity index (χ4v) is 3.72. The topological polar surface area (TPSA) is 38.7 Å². The molecule has 0 saturated heterocycles. The number of nitrogens with zero attached hydrogens (tertiary/aromatic N) is 3. The van der Waals surface area contributed by atoms with Crippen LogP contribution >= 0.6 is 0 Å². The first-order chi connectivity index (χ1) is 15.8. The van der Waals surface area contributed by atoms with Crippen LogP contribution in [0.4, 0.5) is 0 Å². The second-order valence-electron chi connectivity index (χ2n) is 7.64. The Kier molecular flexibility index (Phi) is 5.59. The average Bonchev–Trinajstić information content (AvgIpc) is 2.89. The zero-order valence-corrected chi connectivity index (χ0v) is 17.9. The van der Waals surface area contributed by atoms with Gasteiger partial charge in [-0.2, -0.15) is 0 Å². The first-order valence-corrected chi connectivity index (χ1v) is 10.9. The monoisotopic (exact) mass is 411 g/mol. The highest BCUT2D eigenvalue weighted by Crippen LogP contribution is 2.25. The molecule has 0 radical (unpaired) electrons. The highest BCUT2D eigenvalue weighted by molar-refractivity contribution is 6.49. The zero-order valence-electron chi connectivity index (χ0n) is 17.9. The fraction of sp³-hybridized carbons (Fsp3) is 0.0357. The first kappa shape index (κ1) is 19.9. The second kappa shape index (κ2) is 8.99. The van der Waals surface area contributed by atoms with Crippen molar-refractivity contribution in [2.45, 2.75) is 6.82 Å². The summed E-state index contributed by atoms with van der Waals surface area (Å²) in [7, 11) is 0.757. The SMILES string of the molecule is CBc1nc(-c2ccc(-c3ccccc3)cc2)nc(-c2ccc(-c3ccccc3)cc2)n1. The van der Waals surface area contributed by atoms with Gasteiger partial charge >= 0.3 is 0 Å². The lowest BCUT2D eigenvalue weighted by Gasteiger charge is -2.09. The van der Waals surface area contributed by atoms with Crippen molar-refractivity contribution in [1.29, 1.82) is 0 Å². The number of hydrogen-bond acceptors (Lipinski definition) is 3. The largest absolute Gasteiger partial charge is 0.224 e. The minimum Gasteiger partial charge on any atom is -0.224 e. The van der Waals surface area contributed by atoms with Gasteiger partial charge in [-0.15, -0.1) is 0 Å². The van der Waals surface area contributed by atoms with Crippen LogP contribution in [0.2, 0.25) is 6.82 Å². The lowest BCUT2D eigenvalue weighted by molar-refractivity contribution is 1.10. The summed E-state index contributed by atoms with van der Waals surface area (Å²) in [5.41, 5.74) is 7.52. The molecule has 0 aliphatic heterocycles. The van der Waals surface area contributed by atoms with Crippen LogP contribution in [0.1, 0.15) is 0 Å². The van der Waals surface area contributed by atoms with Crippen LogP contribution in [0.15, 0.2) is 109 Å². The molecule has 0 N–H and O–H groups in total. The zero-order chi connectivity index (χ0) is 21.8. The second-order valence-corrected chi connectivity index (χ2v) is 7.64. The molecule has 0 spiro atoms. The van der Waals surface area contributed by atoms with Gasteiger partial charge < -0.3 is 0 Å². The van der Waals surface area contributed by atoms with E-state index in [2.05, 4.69) is 104 Å². The van der Waals surface area contributed by atoms with E-state index in [1.165, 1.54) is 22.3 Å². The number of aromatic nitrogens is 3. The minimum atomic E-state index is 0.707. The van der Waals surface area contributed by atoms with E-state index in [4.69, 9.17) is 15.0 Å². The van der Waals surface area contributed by atoms with E-state index in [1.807, 2.05) is 12.1 Å². The molecule has 4 heteroatoms. The Morgan fingerprint density at radius 3 is 1.12 bits per heavy atom. The van der Waals surface area contributed by atoms with Crippen LogP contribution in [-0.4, -0.2) is 22.2 Å². The Bertz CT molecular complexity index is 1220. The molecular formula is C28H22BN3. The highest BCUT2D eigenvalue weighted by Gasteiger charge is 2.11. The summed E-state index contributed by atoms with van der Waals surface area (Å²) < 4.78 is 0. The minimum absolute atomic E-state index is 0.707. The molecule has 5 rings (SSSR count). The van der Waals surface area contributed by atoms with Gasteiger partial charge in [-0.05, 0) is 22.3 Å². The summed E-state index contributed by atoms with van der Waals surface area (Å²) in [5, 5.41) is 0. The van der Waals surface area contributed by atoms with Crippen molar-refractivity contribution >= 4 is 13.0 Å². The highest BCUT2D eigenvalue weighted by atomic mass is 15.0. The molecule has 1 aromatic heterocycles. The van der Waals surface area contributed by atoms with Gasteiger partial charge in [0.2, 0.25) is 7.28 Å². The van der Waals surface area contributed by atoms with Crippen LogP contribution in [0.3, 0.4) is 0 Å². The van der Waals surface area contributed by atoms with Gasteiger partial charge in [0, 0.05) is 11.1 Å². The summed E-state index contributed by atoms with van der Waals surface area (Å²) in [5.74, 6) is 1.41. The van der Waals surface area contributed by atoms with Gasteiger partial charge in [0.25, 0.3) is 0 Å². The summed E-state index contributed by atoms with van der Waals surface area (Å²) in [6.45, 7) is 2.07. The summed E-state index contributed by atoms with van der Waals surface area (Å²) in [4.78, 5) is 14.2. The van der Waals surface area contributed by atoms with E-state index in [1.54, 1.807) is 0 Å². The summed E-state index contributed by atoms with van der Waals surface area (Å²) in [6, 6.07) is 37.5. The quantitative estimate of drug-likeness (QED) is 0.351. The predicted molar refractivity (Wildman–Crippen MR) is 134 cm³/mol. The van der Waals surface area contributed by atoms with Crippen molar-refractivity contribution in [3.63, 3.8) is 0 Å². The van der Waals surface area contributed by atoms with Crippen molar-refractivity contribution in [3.8, 4) is 45.0 Å². The third-order valence-electron chi connectivity index (χ3n) is 5.50. The Balaban J connectivity index is 1.48. The van der Waals surface area contributed by atoms with E-state index < -0.39 is 0 Å². The maximum atomic E-state index is 4.80. The van der Waals surface area contributed by atoms with E-state index in [9.17, 15) is 0 Å². The van der Waals surface area contributed by atoms with Gasteiger partial charge in [-0.3, -0.25) is 0 Å². The van der Waals surface area contributed by atoms with Crippen LogP contribution in [0.5, 0.6) is 0 Å². The Morgan fingerprint density at radius 1 is 0.406 bits per heavy atom. The lowest BCUT2D eigenvalue weighted by Crippen LogP contribution is -2.22. The normalized spacial score (nSPS) is 10.7. The molecule has 5 aromatic rings. The van der Waals surface area contributed by atoms with Crippen molar-refractivity contribution in [2.24, 2.45) is 0 Å². The van der Waals surface area contributed by atoms with Crippen molar-refractivity contribution in [2.75, 3.05) is 0 Å². The van der Waals surface area contributed by atoms with Gasteiger partial charge in [-0.1, -0.05) is 116 Å². The standard InChI is InChI=1S/C28H22BN3/c1-29-28-31-26(24-16-12-22(13-17-24)20-8-4-2-5-9-20)30-27(32-28)25-18-14-23(15-19-25)21-10-6-3-7-11-21/h2-19,29H,1H3. The van der Waals surface area contributed by atoms with Crippen molar-refractivity contribution < 1.29 is 0 Å². The maximum Gasteiger partial charge on any atom is 0.204 e. The number of benzene rings is 4. The molecule has 0 amide bonds. The average molecular weight is 411 g/mol. The van der Waals surface area contributed by atoms with Crippen molar-refractivity contribution in [1.82, 2.24) is 15.0 Å². The molecular weight excluding hydrogens is 389 g/mol. The predicted octanol–water partition coefficient (Wildman–Crippen LogP) is 5.65. The molecule has 0 saturated carbocycles. The van der Waals surface area contributed by atoms with Crippen molar-refractivity contribution in [3.05, 3.63) is 109 Å². The summed E-state index contributed by atoms with van der Waals surface area (Å²) in [6.07, 6.45) is 0. The van der Waals surface area contributed by atoms with Crippen LogP contribution in [-0.2, 0) is 0 Å². The smallest absolute Gasteiger partial charge is 0.204 e. The van der Waals surface area contributed by atoms with E-state index in [0.29, 0.717) is 11.6 Å². The lowest BCUT2D eigenvalue weighted by atomic mass is 9.81. The number of hydrogen-bond donors (Lipinski definition) is 0. The van der Waals surface area contributed by atoms with Gasteiger partial charge in [0.15, 0.2) is 11.6 Å². The molecule has 0 aliphatic rings. The number of rotatable bonds is 5. The molecule has 1 heterocycles. The van der Waals surface area contributed by atoms with Gasteiger partial charge in [-0.25, -0.2) is 15.0 Å². The molecule has 152 valence electrons. The molecule has 0 atom stereocenters. The van der Waals surface area contributed by atoms with Gasteiger partial charge in [0.05, 0.1) is 5.72 Å². The molecule has 3 nitrogen and oxygen atoms in total. The molecule has 32 heavy (non-hydrogen) atoms. The molecule has 4 aromatic carbocycles. The van der Waals surface area contributed by atoms with Gasteiger partial charge in [0.1, 0.15) is 0 Å². The maximum absolute atomic E-state index is 4.80. The molecule has 0 aliphatic carbocycles. The van der Waals surface area contributed by atoms with E-state index >= 15 is 0 Å². The van der Waals surface area contributed by atoms with E-state index in [0.717, 1.165) is 24.1 Å². The molecule has 0 bridgehead atoms. The summed E-state index contributed by atoms with van der Waals surface area (Å²) >= 11 is 0. The Labute approximate surface area is 189 Å². The first-order valence-electron chi connectivity index (χ1n) is 10.9. The molecule has 0 fully saturated rings. The third kappa shape index (κ3) is 4.21. The van der Waals surface area contributed by atoms with E-state index in [-0.39, 0.29) is 0 Å². The Morgan fingerprint density at radius 2 is 0.750 bits per heavy atom.